The predicted octanol–water partition coefficient (Wildman–Crippen LogP) is 0.175. The van der Waals surface area contributed by atoms with Gasteiger partial charge in [-0.2, -0.15) is 0 Å². The lowest BCUT2D eigenvalue weighted by molar-refractivity contribution is 0.101. The van der Waals surface area contributed by atoms with Gasteiger partial charge in [0.25, 0.3) is 0 Å². The summed E-state index contributed by atoms with van der Waals surface area (Å²) in [4.78, 5) is 0. The van der Waals surface area contributed by atoms with Crippen molar-refractivity contribution in [2.75, 3.05) is 25.2 Å². The van der Waals surface area contributed by atoms with Crippen LogP contribution in [0.25, 0.3) is 0 Å². The van der Waals surface area contributed by atoms with Crippen LogP contribution < -0.4 is 5.73 Å². The smallest absolute Gasteiger partial charge is 0.149 e. The molecular formula is C8H19NO3S. The van der Waals surface area contributed by atoms with Crippen LogP contribution in [0.2, 0.25) is 0 Å². The second-order valence-corrected chi connectivity index (χ2v) is 5.95. The zero-order valence-electron chi connectivity index (χ0n) is 8.54. The molecule has 0 radical (unpaired) electrons. The summed E-state index contributed by atoms with van der Waals surface area (Å²) in [5, 5.41) is 0. The fourth-order valence-corrected chi connectivity index (χ4v) is 1.04. The molecule has 80 valence electrons. The Labute approximate surface area is 80.4 Å². The zero-order valence-corrected chi connectivity index (χ0v) is 9.36. The van der Waals surface area contributed by atoms with Gasteiger partial charge in [-0.15, -0.1) is 0 Å². The largest absolute Gasteiger partial charge is 0.379 e. The van der Waals surface area contributed by atoms with E-state index in [9.17, 15) is 8.42 Å². The molecular weight excluding hydrogens is 190 g/mol. The van der Waals surface area contributed by atoms with Gasteiger partial charge in [-0.3, -0.25) is 0 Å². The summed E-state index contributed by atoms with van der Waals surface area (Å²) in [5.41, 5.74) is 5.44. The molecule has 0 aromatic carbocycles. The minimum Gasteiger partial charge on any atom is -0.379 e. The van der Waals surface area contributed by atoms with Gasteiger partial charge in [0.1, 0.15) is 9.84 Å². The van der Waals surface area contributed by atoms with Crippen molar-refractivity contribution in [1.82, 2.24) is 0 Å². The molecule has 13 heavy (non-hydrogen) atoms. The number of hydrogen-bond donors (Lipinski definition) is 1. The van der Waals surface area contributed by atoms with Crippen molar-refractivity contribution in [2.45, 2.75) is 25.8 Å². The first-order chi connectivity index (χ1) is 5.77. The highest BCUT2D eigenvalue weighted by Crippen LogP contribution is 2.04. The van der Waals surface area contributed by atoms with E-state index in [2.05, 4.69) is 0 Å². The highest BCUT2D eigenvalue weighted by molar-refractivity contribution is 7.90. The van der Waals surface area contributed by atoms with Crippen molar-refractivity contribution in [2.24, 2.45) is 5.73 Å². The van der Waals surface area contributed by atoms with Crippen LogP contribution >= 0.6 is 0 Å². The van der Waals surface area contributed by atoms with Gasteiger partial charge in [0.05, 0.1) is 19.0 Å². The number of ether oxygens (including phenoxy) is 1. The molecule has 0 aromatic heterocycles. The van der Waals surface area contributed by atoms with Crippen LogP contribution in [-0.4, -0.2) is 39.2 Å². The Bertz CT molecular complexity index is 234. The Balaban J connectivity index is 3.58. The van der Waals surface area contributed by atoms with Crippen LogP contribution in [0.1, 0.15) is 20.3 Å². The first-order valence-electron chi connectivity index (χ1n) is 4.31. The second kappa shape index (κ2) is 4.93. The Morgan fingerprint density at radius 1 is 1.46 bits per heavy atom. The summed E-state index contributed by atoms with van der Waals surface area (Å²) in [6, 6.07) is 0. The molecule has 0 saturated heterocycles. The first kappa shape index (κ1) is 12.9. The molecule has 0 aliphatic carbocycles. The summed E-state index contributed by atoms with van der Waals surface area (Å²) in [7, 11) is -2.91. The predicted molar refractivity (Wildman–Crippen MR) is 53.4 cm³/mol. The third-order valence-electron chi connectivity index (χ3n) is 1.84. The van der Waals surface area contributed by atoms with E-state index < -0.39 is 9.84 Å². The quantitative estimate of drug-likeness (QED) is 0.633. The van der Waals surface area contributed by atoms with Gasteiger partial charge in [-0.1, -0.05) is 6.92 Å². The monoisotopic (exact) mass is 209 g/mol. The molecule has 0 amide bonds. The highest BCUT2D eigenvalue weighted by atomic mass is 32.2. The summed E-state index contributed by atoms with van der Waals surface area (Å²) in [5.74, 6) is 0.0623. The second-order valence-electron chi connectivity index (χ2n) is 3.69. The van der Waals surface area contributed by atoms with Crippen LogP contribution in [0, 0.1) is 0 Å². The fraction of sp³-hybridized carbons (Fsp3) is 1.00. The molecule has 2 N–H and O–H groups in total. The van der Waals surface area contributed by atoms with Crippen molar-refractivity contribution in [3.8, 4) is 0 Å². The van der Waals surface area contributed by atoms with Gasteiger partial charge in [0.15, 0.2) is 0 Å². The highest BCUT2D eigenvalue weighted by Gasteiger charge is 2.15. The third-order valence-corrected chi connectivity index (χ3v) is 2.75. The van der Waals surface area contributed by atoms with E-state index in [1.165, 1.54) is 6.26 Å². The molecule has 0 aliphatic heterocycles. The van der Waals surface area contributed by atoms with E-state index in [-0.39, 0.29) is 17.9 Å². The lowest BCUT2D eigenvalue weighted by atomic mass is 10.0. The average molecular weight is 209 g/mol. The Morgan fingerprint density at radius 2 is 2.00 bits per heavy atom. The standard InChI is InChI=1S/C8H19NO3S/c1-4-8(2,9)7-12-5-6-13(3,10)11/h4-7,9H2,1-3H3. The maximum Gasteiger partial charge on any atom is 0.149 e. The summed E-state index contributed by atoms with van der Waals surface area (Å²) in [6.07, 6.45) is 2.00. The average Bonchev–Trinajstić information content (AvgIpc) is 1.97. The van der Waals surface area contributed by atoms with E-state index in [0.717, 1.165) is 6.42 Å². The van der Waals surface area contributed by atoms with Crippen LogP contribution in [0.5, 0.6) is 0 Å². The Kier molecular flexibility index (Phi) is 4.88. The van der Waals surface area contributed by atoms with Crippen molar-refractivity contribution in [1.29, 1.82) is 0 Å². The molecule has 4 nitrogen and oxygen atoms in total. The normalized spacial score (nSPS) is 16.9. The van der Waals surface area contributed by atoms with Crippen LogP contribution in [-0.2, 0) is 14.6 Å². The van der Waals surface area contributed by atoms with E-state index in [1.807, 2.05) is 13.8 Å². The molecule has 5 heteroatoms. The van der Waals surface area contributed by atoms with Crippen LogP contribution in [0.4, 0.5) is 0 Å². The molecule has 0 aliphatic rings. The minimum atomic E-state index is -2.91. The topological polar surface area (TPSA) is 69.4 Å². The Hall–Kier alpha value is -0.130. The SMILES string of the molecule is CCC(C)(N)COCCS(C)(=O)=O. The van der Waals surface area contributed by atoms with E-state index in [4.69, 9.17) is 10.5 Å². The fourth-order valence-electron chi connectivity index (χ4n) is 0.618. The van der Waals surface area contributed by atoms with Gasteiger partial charge in [0.2, 0.25) is 0 Å². The van der Waals surface area contributed by atoms with E-state index in [1.54, 1.807) is 0 Å². The number of rotatable bonds is 6. The molecule has 0 spiro atoms. The summed E-state index contributed by atoms with van der Waals surface area (Å²) >= 11 is 0. The molecule has 0 rings (SSSR count). The lowest BCUT2D eigenvalue weighted by Gasteiger charge is -2.22. The van der Waals surface area contributed by atoms with Crippen molar-refractivity contribution < 1.29 is 13.2 Å². The lowest BCUT2D eigenvalue weighted by Crippen LogP contribution is -2.40. The zero-order chi connectivity index (χ0) is 10.5. The molecule has 0 fully saturated rings. The van der Waals surface area contributed by atoms with Crippen molar-refractivity contribution >= 4 is 9.84 Å². The molecule has 0 bridgehead atoms. The van der Waals surface area contributed by atoms with E-state index in [0.29, 0.717) is 6.61 Å². The molecule has 1 unspecified atom stereocenters. The van der Waals surface area contributed by atoms with Crippen molar-refractivity contribution in [3.63, 3.8) is 0 Å². The molecule has 1 atom stereocenters. The van der Waals surface area contributed by atoms with Crippen molar-refractivity contribution in [3.05, 3.63) is 0 Å². The number of sulfone groups is 1. The van der Waals surface area contributed by atoms with Gasteiger partial charge < -0.3 is 10.5 Å². The summed E-state index contributed by atoms with van der Waals surface area (Å²) < 4.78 is 26.6. The van der Waals surface area contributed by atoms with E-state index >= 15 is 0 Å². The molecule has 0 heterocycles. The van der Waals surface area contributed by atoms with Gasteiger partial charge in [-0.05, 0) is 13.3 Å². The molecule has 0 aromatic rings. The molecule has 0 saturated carbocycles. The number of hydrogen-bond acceptors (Lipinski definition) is 4. The van der Waals surface area contributed by atoms with Crippen LogP contribution in [0.15, 0.2) is 0 Å². The van der Waals surface area contributed by atoms with Gasteiger partial charge >= 0.3 is 0 Å². The van der Waals surface area contributed by atoms with Crippen LogP contribution in [0.3, 0.4) is 0 Å². The maximum atomic E-state index is 10.7. The first-order valence-corrected chi connectivity index (χ1v) is 6.37. The van der Waals surface area contributed by atoms with Gasteiger partial charge in [-0.25, -0.2) is 8.42 Å². The Morgan fingerprint density at radius 3 is 2.38 bits per heavy atom. The minimum absolute atomic E-state index is 0.0623. The third kappa shape index (κ3) is 8.21. The van der Waals surface area contributed by atoms with Gasteiger partial charge in [0, 0.05) is 11.8 Å². The summed E-state index contributed by atoms with van der Waals surface area (Å²) in [6.45, 7) is 4.48. The number of nitrogens with two attached hydrogens (primary N) is 1. The maximum absolute atomic E-state index is 10.7.